The normalized spacial score (nSPS) is 13.4. The third-order valence-corrected chi connectivity index (χ3v) is 2.69. The van der Waals surface area contributed by atoms with Gasteiger partial charge >= 0.3 is 0 Å². The highest BCUT2D eigenvalue weighted by Gasteiger charge is 2.25. The Morgan fingerprint density at radius 3 is 3.00 bits per heavy atom. The van der Waals surface area contributed by atoms with Crippen LogP contribution in [-0.2, 0) is 6.61 Å². The molecule has 0 saturated heterocycles. The summed E-state index contributed by atoms with van der Waals surface area (Å²) in [7, 11) is 0. The van der Waals surface area contributed by atoms with Crippen LogP contribution in [-0.4, -0.2) is 10.8 Å². The molecule has 1 aromatic heterocycles. The molecular formula is C13H8FNO2. The average molecular weight is 229 g/mol. The number of ketones is 1. The molecule has 1 aromatic carbocycles. The van der Waals surface area contributed by atoms with Gasteiger partial charge in [-0.25, -0.2) is 4.39 Å². The maximum Gasteiger partial charge on any atom is 0.215 e. The number of hydrogen-bond donors (Lipinski definition) is 0. The van der Waals surface area contributed by atoms with E-state index < -0.39 is 5.82 Å². The molecule has 0 fully saturated rings. The summed E-state index contributed by atoms with van der Waals surface area (Å²) in [6.07, 6.45) is 1.54. The Labute approximate surface area is 96.9 Å². The summed E-state index contributed by atoms with van der Waals surface area (Å²) in [4.78, 5) is 16.2. The van der Waals surface area contributed by atoms with Gasteiger partial charge in [-0.05, 0) is 18.2 Å². The van der Waals surface area contributed by atoms with Crippen molar-refractivity contribution < 1.29 is 13.9 Å². The average Bonchev–Trinajstić information content (AvgIpc) is 2.50. The van der Waals surface area contributed by atoms with Crippen molar-refractivity contribution in [3.63, 3.8) is 0 Å². The fraction of sp³-hybridized carbons (Fsp3) is 0.0769. The lowest BCUT2D eigenvalue weighted by Crippen LogP contribution is -2.05. The number of pyridine rings is 1. The Kier molecular flexibility index (Phi) is 2.14. The van der Waals surface area contributed by atoms with E-state index in [1.165, 1.54) is 12.1 Å². The predicted octanol–water partition coefficient (Wildman–Crippen LogP) is 2.34. The molecule has 2 aromatic rings. The van der Waals surface area contributed by atoms with Crippen molar-refractivity contribution in [3.8, 4) is 5.75 Å². The SMILES string of the molecule is O=C1c2cccc(F)c2OCc2cccnc21. The zero-order chi connectivity index (χ0) is 11.8. The summed E-state index contributed by atoms with van der Waals surface area (Å²) in [5.41, 5.74) is 1.23. The van der Waals surface area contributed by atoms with Gasteiger partial charge in [0, 0.05) is 11.8 Å². The minimum atomic E-state index is -0.524. The smallest absolute Gasteiger partial charge is 0.215 e. The number of halogens is 1. The number of nitrogens with zero attached hydrogens (tertiary/aromatic N) is 1. The molecule has 1 aliphatic rings. The van der Waals surface area contributed by atoms with Gasteiger partial charge in [-0.2, -0.15) is 0 Å². The molecule has 0 radical (unpaired) electrons. The van der Waals surface area contributed by atoms with Gasteiger partial charge < -0.3 is 4.74 Å². The molecule has 3 rings (SSSR count). The number of benzene rings is 1. The van der Waals surface area contributed by atoms with Crippen LogP contribution in [0.1, 0.15) is 21.6 Å². The molecule has 84 valence electrons. The lowest BCUT2D eigenvalue weighted by atomic mass is 10.0. The first kappa shape index (κ1) is 9.96. The Balaban J connectivity index is 2.24. The van der Waals surface area contributed by atoms with Gasteiger partial charge in [0.1, 0.15) is 12.3 Å². The number of hydrogen-bond acceptors (Lipinski definition) is 3. The number of ether oxygens (including phenoxy) is 1. The van der Waals surface area contributed by atoms with Gasteiger partial charge in [0.05, 0.1) is 5.56 Å². The first-order valence-electron chi connectivity index (χ1n) is 5.17. The van der Waals surface area contributed by atoms with Gasteiger partial charge in [-0.3, -0.25) is 9.78 Å². The molecule has 0 amide bonds. The molecule has 1 aliphatic heterocycles. The number of carbonyl (C=O) groups is 1. The summed E-state index contributed by atoms with van der Waals surface area (Å²) in [6, 6.07) is 7.79. The van der Waals surface area contributed by atoms with Crippen LogP contribution >= 0.6 is 0 Å². The van der Waals surface area contributed by atoms with Crippen LogP contribution in [0.3, 0.4) is 0 Å². The molecule has 0 N–H and O–H groups in total. The second-order valence-corrected chi connectivity index (χ2v) is 3.75. The van der Waals surface area contributed by atoms with E-state index >= 15 is 0 Å². The Hall–Kier alpha value is -2.23. The van der Waals surface area contributed by atoms with Crippen molar-refractivity contribution in [1.82, 2.24) is 4.98 Å². The first-order valence-corrected chi connectivity index (χ1v) is 5.17. The molecular weight excluding hydrogens is 221 g/mol. The minimum Gasteiger partial charge on any atom is -0.485 e. The Morgan fingerprint density at radius 1 is 1.24 bits per heavy atom. The highest BCUT2D eigenvalue weighted by molar-refractivity contribution is 6.10. The molecule has 0 saturated carbocycles. The molecule has 0 spiro atoms. The van der Waals surface area contributed by atoms with E-state index in [0.717, 1.165) is 0 Å². The lowest BCUT2D eigenvalue weighted by Gasteiger charge is -2.05. The van der Waals surface area contributed by atoms with Gasteiger partial charge in [0.25, 0.3) is 0 Å². The van der Waals surface area contributed by atoms with Gasteiger partial charge in [0.15, 0.2) is 11.6 Å². The Morgan fingerprint density at radius 2 is 2.12 bits per heavy atom. The second-order valence-electron chi connectivity index (χ2n) is 3.75. The van der Waals surface area contributed by atoms with Gasteiger partial charge in [-0.1, -0.05) is 12.1 Å². The van der Waals surface area contributed by atoms with E-state index in [0.29, 0.717) is 11.3 Å². The molecule has 3 nitrogen and oxygen atoms in total. The third-order valence-electron chi connectivity index (χ3n) is 2.69. The largest absolute Gasteiger partial charge is 0.485 e. The zero-order valence-electron chi connectivity index (χ0n) is 8.81. The molecule has 0 atom stereocenters. The molecule has 0 unspecified atom stereocenters. The van der Waals surface area contributed by atoms with Crippen LogP contribution in [0.15, 0.2) is 36.5 Å². The molecule has 17 heavy (non-hydrogen) atoms. The number of fused-ring (bicyclic) bond motifs is 2. The number of rotatable bonds is 0. The molecule has 0 aliphatic carbocycles. The van der Waals surface area contributed by atoms with E-state index in [1.807, 2.05) is 0 Å². The fourth-order valence-electron chi connectivity index (χ4n) is 1.87. The number of carbonyl (C=O) groups excluding carboxylic acids is 1. The first-order chi connectivity index (χ1) is 8.27. The zero-order valence-corrected chi connectivity index (χ0v) is 8.81. The van der Waals surface area contributed by atoms with Crippen molar-refractivity contribution in [1.29, 1.82) is 0 Å². The van der Waals surface area contributed by atoms with Crippen molar-refractivity contribution >= 4 is 5.78 Å². The summed E-state index contributed by atoms with van der Waals surface area (Å²) in [5, 5.41) is 0. The number of para-hydroxylation sites is 1. The van der Waals surface area contributed by atoms with Crippen LogP contribution in [0.2, 0.25) is 0 Å². The summed E-state index contributed by atoms with van der Waals surface area (Å²) in [5.74, 6) is -0.813. The maximum absolute atomic E-state index is 13.6. The van der Waals surface area contributed by atoms with Crippen molar-refractivity contribution in [3.05, 3.63) is 59.2 Å². The standard InChI is InChI=1S/C13H8FNO2/c14-10-5-1-4-9-12(16)11-8(3-2-6-15-11)7-17-13(9)10/h1-6H,7H2. The van der Waals surface area contributed by atoms with E-state index in [2.05, 4.69) is 4.98 Å². The summed E-state index contributed by atoms with van der Waals surface area (Å²) >= 11 is 0. The second kappa shape index (κ2) is 3.66. The van der Waals surface area contributed by atoms with Crippen LogP contribution in [0.25, 0.3) is 0 Å². The van der Waals surface area contributed by atoms with Crippen molar-refractivity contribution in [2.75, 3.05) is 0 Å². The van der Waals surface area contributed by atoms with E-state index in [4.69, 9.17) is 4.74 Å². The summed E-state index contributed by atoms with van der Waals surface area (Å²) < 4.78 is 18.9. The fourth-order valence-corrected chi connectivity index (χ4v) is 1.87. The highest BCUT2D eigenvalue weighted by atomic mass is 19.1. The van der Waals surface area contributed by atoms with E-state index in [1.54, 1.807) is 24.4 Å². The molecule has 2 heterocycles. The monoisotopic (exact) mass is 229 g/mol. The molecule has 4 heteroatoms. The van der Waals surface area contributed by atoms with Crippen molar-refractivity contribution in [2.24, 2.45) is 0 Å². The minimum absolute atomic E-state index is 0.00972. The highest BCUT2D eigenvalue weighted by Crippen LogP contribution is 2.29. The maximum atomic E-state index is 13.6. The Bertz CT molecular complexity index is 610. The van der Waals surface area contributed by atoms with Crippen LogP contribution in [0.4, 0.5) is 4.39 Å². The lowest BCUT2D eigenvalue weighted by molar-refractivity contribution is 0.103. The van der Waals surface area contributed by atoms with Crippen molar-refractivity contribution in [2.45, 2.75) is 6.61 Å². The molecule has 0 bridgehead atoms. The van der Waals surface area contributed by atoms with Crippen LogP contribution < -0.4 is 4.74 Å². The van der Waals surface area contributed by atoms with Crippen LogP contribution in [0.5, 0.6) is 5.75 Å². The summed E-state index contributed by atoms with van der Waals surface area (Å²) in [6.45, 7) is 0.156. The van der Waals surface area contributed by atoms with E-state index in [-0.39, 0.29) is 23.7 Å². The quantitative estimate of drug-likeness (QED) is 0.696. The third kappa shape index (κ3) is 1.49. The number of aromatic nitrogens is 1. The topological polar surface area (TPSA) is 39.2 Å². The van der Waals surface area contributed by atoms with Gasteiger partial charge in [-0.15, -0.1) is 0 Å². The predicted molar refractivity (Wildman–Crippen MR) is 58.4 cm³/mol. The van der Waals surface area contributed by atoms with Crippen LogP contribution in [0, 0.1) is 5.82 Å². The van der Waals surface area contributed by atoms with Gasteiger partial charge in [0.2, 0.25) is 5.78 Å². The van der Waals surface area contributed by atoms with E-state index in [9.17, 15) is 9.18 Å².